The Bertz CT molecular complexity index is 955. The van der Waals surface area contributed by atoms with E-state index in [0.717, 1.165) is 5.56 Å². The van der Waals surface area contributed by atoms with E-state index in [1.807, 2.05) is 31.2 Å². The van der Waals surface area contributed by atoms with Gasteiger partial charge >= 0.3 is 5.97 Å². The van der Waals surface area contributed by atoms with Crippen LogP contribution in [0.3, 0.4) is 0 Å². The average molecular weight is 385 g/mol. The third-order valence-corrected chi connectivity index (χ3v) is 4.77. The van der Waals surface area contributed by atoms with Gasteiger partial charge in [0.15, 0.2) is 16.9 Å². The van der Waals surface area contributed by atoms with Crippen molar-refractivity contribution in [3.63, 3.8) is 0 Å². The molecule has 2 heterocycles. The van der Waals surface area contributed by atoms with Gasteiger partial charge in [-0.05, 0) is 19.4 Å². The molecule has 0 unspecified atom stereocenters. The summed E-state index contributed by atoms with van der Waals surface area (Å²) in [6.45, 7) is 4.54. The highest BCUT2D eigenvalue weighted by molar-refractivity contribution is 8.00. The first kappa shape index (κ1) is 19.0. The molecule has 0 aliphatic heterocycles. The molecule has 0 N–H and O–H groups in total. The molecular formula is C18H19N5O3S. The number of thioether (sulfide) groups is 1. The van der Waals surface area contributed by atoms with E-state index in [0.29, 0.717) is 22.7 Å². The molecule has 9 heteroatoms. The van der Waals surface area contributed by atoms with Crippen LogP contribution in [0.25, 0.3) is 11.2 Å². The first-order chi connectivity index (χ1) is 13.1. The highest BCUT2D eigenvalue weighted by Crippen LogP contribution is 2.23. The van der Waals surface area contributed by atoms with Gasteiger partial charge in [-0.15, -0.1) is 5.10 Å². The van der Waals surface area contributed by atoms with Gasteiger partial charge in [0.25, 0.3) is 0 Å². The number of nitrogens with zero attached hydrogens (tertiary/aromatic N) is 5. The predicted molar refractivity (Wildman–Crippen MR) is 100 cm³/mol. The molecule has 0 aliphatic carbocycles. The molecule has 0 amide bonds. The van der Waals surface area contributed by atoms with Crippen molar-refractivity contribution in [3.05, 3.63) is 41.7 Å². The van der Waals surface area contributed by atoms with Crippen LogP contribution in [0.15, 0.2) is 35.6 Å². The maximum atomic E-state index is 11.9. The standard InChI is InChI=1S/C18H19N5O3S/c1-3-26-15(25)8-14(24)10-27-18-16-17(19-11-20-18)23(22-21-16)9-13-6-4-12(2)5-7-13/h4-7,11H,3,8-10H2,1-2H3. The molecule has 1 aromatic carbocycles. The van der Waals surface area contributed by atoms with E-state index in [-0.39, 0.29) is 24.6 Å². The van der Waals surface area contributed by atoms with Crippen molar-refractivity contribution < 1.29 is 14.3 Å². The molecule has 0 fully saturated rings. The predicted octanol–water partition coefficient (Wildman–Crippen LogP) is 2.19. The van der Waals surface area contributed by atoms with Crippen LogP contribution in [0.1, 0.15) is 24.5 Å². The zero-order valence-electron chi connectivity index (χ0n) is 15.1. The van der Waals surface area contributed by atoms with E-state index in [4.69, 9.17) is 4.74 Å². The van der Waals surface area contributed by atoms with Gasteiger partial charge in [0, 0.05) is 0 Å². The molecule has 0 saturated heterocycles. The van der Waals surface area contributed by atoms with Gasteiger partial charge in [0.1, 0.15) is 17.8 Å². The molecule has 3 aromatic rings. The number of benzene rings is 1. The monoisotopic (exact) mass is 385 g/mol. The number of hydrogen-bond acceptors (Lipinski definition) is 8. The Morgan fingerprint density at radius 3 is 2.70 bits per heavy atom. The fourth-order valence-electron chi connectivity index (χ4n) is 2.42. The Morgan fingerprint density at radius 2 is 1.96 bits per heavy atom. The number of carbonyl (C=O) groups is 2. The maximum absolute atomic E-state index is 11.9. The quantitative estimate of drug-likeness (QED) is 0.252. The van der Waals surface area contributed by atoms with Crippen LogP contribution in [-0.2, 0) is 20.9 Å². The highest BCUT2D eigenvalue weighted by atomic mass is 32.2. The lowest BCUT2D eigenvalue weighted by atomic mass is 10.1. The van der Waals surface area contributed by atoms with E-state index >= 15 is 0 Å². The lowest BCUT2D eigenvalue weighted by Gasteiger charge is -2.04. The minimum Gasteiger partial charge on any atom is -0.466 e. The molecule has 0 bridgehead atoms. The van der Waals surface area contributed by atoms with Crippen molar-refractivity contribution in [3.8, 4) is 0 Å². The molecule has 0 aliphatic rings. The maximum Gasteiger partial charge on any atom is 0.313 e. The number of ether oxygens (including phenoxy) is 1. The largest absolute Gasteiger partial charge is 0.466 e. The highest BCUT2D eigenvalue weighted by Gasteiger charge is 2.15. The van der Waals surface area contributed by atoms with Gasteiger partial charge in [-0.3, -0.25) is 9.59 Å². The van der Waals surface area contributed by atoms with Crippen LogP contribution in [0.4, 0.5) is 0 Å². The van der Waals surface area contributed by atoms with Gasteiger partial charge in [-0.2, -0.15) is 0 Å². The number of aromatic nitrogens is 5. The summed E-state index contributed by atoms with van der Waals surface area (Å²) in [6.07, 6.45) is 1.19. The van der Waals surface area contributed by atoms with Crippen LogP contribution in [0.5, 0.6) is 0 Å². The van der Waals surface area contributed by atoms with Crippen LogP contribution in [0.2, 0.25) is 0 Å². The number of carbonyl (C=O) groups excluding carboxylic acids is 2. The number of hydrogen-bond donors (Lipinski definition) is 0. The Kier molecular flexibility index (Phi) is 6.12. The number of Topliss-reactive ketones (excluding diaryl/α,β-unsaturated/α-hetero) is 1. The van der Waals surface area contributed by atoms with E-state index < -0.39 is 5.97 Å². The first-order valence-corrected chi connectivity index (χ1v) is 9.45. The molecule has 3 rings (SSSR count). The fraction of sp³-hybridized carbons (Fsp3) is 0.333. The summed E-state index contributed by atoms with van der Waals surface area (Å²) in [5, 5.41) is 8.89. The molecular weight excluding hydrogens is 366 g/mol. The van der Waals surface area contributed by atoms with Gasteiger partial charge < -0.3 is 4.74 Å². The zero-order chi connectivity index (χ0) is 19.2. The van der Waals surface area contributed by atoms with Crippen molar-refractivity contribution in [1.82, 2.24) is 25.0 Å². The summed E-state index contributed by atoms with van der Waals surface area (Å²) >= 11 is 1.22. The molecule has 0 saturated carbocycles. The van der Waals surface area contributed by atoms with E-state index in [9.17, 15) is 9.59 Å². The summed E-state index contributed by atoms with van der Waals surface area (Å²) in [6, 6.07) is 8.15. The van der Waals surface area contributed by atoms with Crippen LogP contribution >= 0.6 is 11.8 Å². The SMILES string of the molecule is CCOC(=O)CC(=O)CSc1ncnc2c1nnn2Cc1ccc(C)cc1. The van der Waals surface area contributed by atoms with Crippen molar-refractivity contribution >= 4 is 34.7 Å². The normalized spacial score (nSPS) is 10.9. The van der Waals surface area contributed by atoms with Gasteiger partial charge in [-0.25, -0.2) is 14.6 Å². The number of rotatable bonds is 8. The molecule has 2 aromatic heterocycles. The summed E-state index contributed by atoms with van der Waals surface area (Å²) in [5.41, 5.74) is 3.42. The first-order valence-electron chi connectivity index (χ1n) is 8.46. The molecule has 8 nitrogen and oxygen atoms in total. The number of aryl methyl sites for hydroxylation is 1. The Hall–Kier alpha value is -2.81. The lowest BCUT2D eigenvalue weighted by molar-refractivity contribution is -0.145. The Balaban J connectivity index is 1.70. The second-order valence-electron chi connectivity index (χ2n) is 5.89. The molecule has 27 heavy (non-hydrogen) atoms. The van der Waals surface area contributed by atoms with Gasteiger partial charge in [-0.1, -0.05) is 46.8 Å². The van der Waals surface area contributed by atoms with Crippen molar-refractivity contribution in [2.75, 3.05) is 12.4 Å². The van der Waals surface area contributed by atoms with Crippen LogP contribution in [-0.4, -0.2) is 49.1 Å². The van der Waals surface area contributed by atoms with Gasteiger partial charge in [0.05, 0.1) is 18.9 Å². The lowest BCUT2D eigenvalue weighted by Crippen LogP contribution is -2.12. The summed E-state index contributed by atoms with van der Waals surface area (Å²) in [5.74, 6) is -0.632. The number of ketones is 1. The minimum absolute atomic E-state index is 0.107. The smallest absolute Gasteiger partial charge is 0.313 e. The molecule has 0 radical (unpaired) electrons. The van der Waals surface area contributed by atoms with Crippen molar-refractivity contribution in [1.29, 1.82) is 0 Å². The molecule has 140 valence electrons. The van der Waals surface area contributed by atoms with E-state index in [2.05, 4.69) is 20.3 Å². The summed E-state index contributed by atoms with van der Waals surface area (Å²) in [7, 11) is 0. The molecule has 0 atom stereocenters. The van der Waals surface area contributed by atoms with E-state index in [1.54, 1.807) is 11.6 Å². The van der Waals surface area contributed by atoms with E-state index in [1.165, 1.54) is 23.7 Å². The second kappa shape index (κ2) is 8.72. The van der Waals surface area contributed by atoms with Crippen molar-refractivity contribution in [2.24, 2.45) is 0 Å². The average Bonchev–Trinajstić information content (AvgIpc) is 3.05. The van der Waals surface area contributed by atoms with Crippen LogP contribution < -0.4 is 0 Å². The number of esters is 1. The third kappa shape index (κ3) is 4.88. The summed E-state index contributed by atoms with van der Waals surface area (Å²) in [4.78, 5) is 31.7. The Morgan fingerprint density at radius 1 is 1.19 bits per heavy atom. The zero-order valence-corrected chi connectivity index (χ0v) is 15.9. The van der Waals surface area contributed by atoms with Crippen molar-refractivity contribution in [2.45, 2.75) is 31.8 Å². The second-order valence-corrected chi connectivity index (χ2v) is 6.86. The van der Waals surface area contributed by atoms with Crippen LogP contribution in [0, 0.1) is 6.92 Å². The molecule has 0 spiro atoms. The Labute approximate surface area is 160 Å². The third-order valence-electron chi connectivity index (χ3n) is 3.74. The van der Waals surface area contributed by atoms with Gasteiger partial charge in [0.2, 0.25) is 0 Å². The topological polar surface area (TPSA) is 99.9 Å². The minimum atomic E-state index is -0.514. The summed E-state index contributed by atoms with van der Waals surface area (Å²) < 4.78 is 6.48. The number of fused-ring (bicyclic) bond motifs is 1. The fourth-order valence-corrected chi connectivity index (χ4v) is 3.21.